The number of imide groups is 1. The molecule has 1 saturated heterocycles. The first-order valence-corrected chi connectivity index (χ1v) is 11.5. The van der Waals surface area contributed by atoms with E-state index in [-0.39, 0.29) is 41.4 Å². The van der Waals surface area contributed by atoms with Crippen LogP contribution >= 0.6 is 0 Å². The molecular weight excluding hydrogens is 478 g/mol. The van der Waals surface area contributed by atoms with Crippen LogP contribution in [0.5, 0.6) is 5.75 Å². The summed E-state index contributed by atoms with van der Waals surface area (Å²) in [4.78, 5) is 64.4. The molecule has 10 heteroatoms. The van der Waals surface area contributed by atoms with Gasteiger partial charge in [0.25, 0.3) is 17.5 Å². The van der Waals surface area contributed by atoms with Crippen LogP contribution in [0.3, 0.4) is 0 Å². The minimum atomic E-state index is -0.832. The van der Waals surface area contributed by atoms with Crippen molar-refractivity contribution in [3.8, 4) is 5.75 Å². The van der Waals surface area contributed by atoms with Crippen molar-refractivity contribution in [3.63, 3.8) is 0 Å². The fourth-order valence-corrected chi connectivity index (χ4v) is 4.55. The summed E-state index contributed by atoms with van der Waals surface area (Å²) in [6, 6.07) is 15.3. The van der Waals surface area contributed by atoms with Gasteiger partial charge in [-0.2, -0.15) is 0 Å². The Kier molecular flexibility index (Phi) is 5.79. The Morgan fingerprint density at radius 3 is 2.43 bits per heavy atom. The van der Waals surface area contributed by atoms with Gasteiger partial charge in [-0.15, -0.1) is 0 Å². The van der Waals surface area contributed by atoms with Gasteiger partial charge in [-0.25, -0.2) is 4.90 Å². The lowest BCUT2D eigenvalue weighted by molar-refractivity contribution is -0.385. The number of aryl methyl sites for hydroxylation is 2. The first-order chi connectivity index (χ1) is 17.7. The molecule has 0 N–H and O–H groups in total. The zero-order chi connectivity index (χ0) is 26.4. The van der Waals surface area contributed by atoms with Gasteiger partial charge in [-0.3, -0.25) is 29.3 Å². The van der Waals surface area contributed by atoms with E-state index in [1.165, 1.54) is 36.4 Å². The number of carbonyl (C=O) groups excluding carboxylic acids is 4. The summed E-state index contributed by atoms with van der Waals surface area (Å²) in [5, 5.41) is 11.4. The maximum absolute atomic E-state index is 13.0. The van der Waals surface area contributed by atoms with Crippen LogP contribution in [-0.4, -0.2) is 35.2 Å². The summed E-state index contributed by atoms with van der Waals surface area (Å²) in [6.45, 7) is 4.09. The van der Waals surface area contributed by atoms with Gasteiger partial charge in [0.2, 0.25) is 5.91 Å². The number of hydrogen-bond donors (Lipinski definition) is 0. The molecule has 3 amide bonds. The molecule has 1 fully saturated rings. The number of anilines is 2. The minimum Gasteiger partial charge on any atom is -0.426 e. The van der Waals surface area contributed by atoms with Crippen LogP contribution in [0, 0.1) is 29.9 Å². The number of hydrogen-bond acceptors (Lipinski definition) is 7. The third kappa shape index (κ3) is 4.12. The van der Waals surface area contributed by atoms with Crippen molar-refractivity contribution in [1.82, 2.24) is 0 Å². The second-order valence-corrected chi connectivity index (χ2v) is 8.99. The Balaban J connectivity index is 1.34. The maximum atomic E-state index is 13.0. The van der Waals surface area contributed by atoms with Crippen LogP contribution in [-0.2, 0) is 9.59 Å². The Bertz CT molecular complexity index is 1510. The molecule has 2 aliphatic heterocycles. The molecule has 2 heterocycles. The largest absolute Gasteiger partial charge is 0.426 e. The van der Waals surface area contributed by atoms with Gasteiger partial charge < -0.3 is 9.64 Å². The average Bonchev–Trinajstić information content (AvgIpc) is 3.38. The quantitative estimate of drug-likeness (QED) is 0.171. The van der Waals surface area contributed by atoms with Gasteiger partial charge >= 0.3 is 5.97 Å². The molecule has 1 atom stereocenters. The molecule has 2 aliphatic rings. The second kappa shape index (κ2) is 8.98. The molecule has 0 aliphatic carbocycles. The molecule has 37 heavy (non-hydrogen) atoms. The van der Waals surface area contributed by atoms with E-state index in [2.05, 4.69) is 0 Å². The number of carbonyl (C=O) groups is 4. The normalized spacial score (nSPS) is 16.8. The number of nitrogens with zero attached hydrogens (tertiary/aromatic N) is 3. The zero-order valence-corrected chi connectivity index (χ0v) is 20.0. The third-order valence-corrected chi connectivity index (χ3v) is 6.64. The van der Waals surface area contributed by atoms with Crippen LogP contribution in [0.25, 0.3) is 0 Å². The predicted octanol–water partition coefficient (Wildman–Crippen LogP) is 3.97. The number of benzene rings is 3. The topological polar surface area (TPSA) is 127 Å². The fourth-order valence-electron chi connectivity index (χ4n) is 4.55. The molecule has 5 rings (SSSR count). The van der Waals surface area contributed by atoms with Crippen molar-refractivity contribution in [1.29, 1.82) is 0 Å². The van der Waals surface area contributed by atoms with Gasteiger partial charge in [0, 0.05) is 30.8 Å². The highest BCUT2D eigenvalue weighted by atomic mass is 16.6. The van der Waals surface area contributed by atoms with Crippen molar-refractivity contribution >= 4 is 40.8 Å². The number of esters is 1. The third-order valence-electron chi connectivity index (χ3n) is 6.64. The standard InChI is InChI=1S/C27H21N3O7/c1-15-9-10-18(11-16(15)2)28-14-17(12-23(28)31)27(34)37-20-6-3-5-19(13-20)29-25(32)21-7-4-8-22(30(35)36)24(21)26(29)33/h3-11,13,17H,12,14H2,1-2H3/t17-/m0/s1. The van der Waals surface area contributed by atoms with E-state index in [0.29, 0.717) is 5.69 Å². The summed E-state index contributed by atoms with van der Waals surface area (Å²) < 4.78 is 5.51. The van der Waals surface area contributed by atoms with E-state index in [1.54, 1.807) is 4.90 Å². The molecule has 0 bridgehead atoms. The highest BCUT2D eigenvalue weighted by Crippen LogP contribution is 2.35. The number of amides is 3. The maximum Gasteiger partial charge on any atom is 0.316 e. The summed E-state index contributed by atoms with van der Waals surface area (Å²) in [5.74, 6) is -2.97. The van der Waals surface area contributed by atoms with E-state index in [4.69, 9.17) is 4.74 Å². The number of ether oxygens (including phenoxy) is 1. The molecule has 3 aromatic carbocycles. The Morgan fingerprint density at radius 2 is 1.70 bits per heavy atom. The lowest BCUT2D eigenvalue weighted by atomic mass is 10.1. The lowest BCUT2D eigenvalue weighted by Crippen LogP contribution is -2.29. The molecule has 0 saturated carbocycles. The number of nitro groups is 1. The Labute approximate surface area is 211 Å². The van der Waals surface area contributed by atoms with E-state index < -0.39 is 34.3 Å². The summed E-state index contributed by atoms with van der Waals surface area (Å²) in [7, 11) is 0. The first-order valence-electron chi connectivity index (χ1n) is 11.5. The van der Waals surface area contributed by atoms with Crippen molar-refractivity contribution < 1.29 is 28.8 Å². The summed E-state index contributed by atoms with van der Waals surface area (Å²) in [5.41, 5.74) is 2.13. The van der Waals surface area contributed by atoms with E-state index in [9.17, 15) is 29.3 Å². The second-order valence-electron chi connectivity index (χ2n) is 8.99. The van der Waals surface area contributed by atoms with Crippen molar-refractivity contribution in [2.45, 2.75) is 20.3 Å². The molecule has 186 valence electrons. The molecule has 0 radical (unpaired) electrons. The highest BCUT2D eigenvalue weighted by molar-refractivity contribution is 6.35. The van der Waals surface area contributed by atoms with Crippen LogP contribution < -0.4 is 14.5 Å². The van der Waals surface area contributed by atoms with Gasteiger partial charge in [-0.1, -0.05) is 18.2 Å². The number of fused-ring (bicyclic) bond motifs is 1. The van der Waals surface area contributed by atoms with Gasteiger partial charge in [0.15, 0.2) is 0 Å². The SMILES string of the molecule is Cc1ccc(N2C[C@@H](C(=O)Oc3cccc(N4C(=O)c5cccc([N+](=O)[O-])c5C4=O)c3)CC2=O)cc1C. The number of rotatable bonds is 5. The number of nitro benzene ring substituents is 1. The van der Waals surface area contributed by atoms with Crippen LogP contribution in [0.1, 0.15) is 38.3 Å². The smallest absolute Gasteiger partial charge is 0.316 e. The van der Waals surface area contributed by atoms with E-state index in [1.807, 2.05) is 32.0 Å². The fraction of sp³-hybridized carbons (Fsp3) is 0.185. The van der Waals surface area contributed by atoms with Crippen molar-refractivity contribution in [2.24, 2.45) is 5.92 Å². The van der Waals surface area contributed by atoms with Gasteiger partial charge in [0.1, 0.15) is 11.3 Å². The summed E-state index contributed by atoms with van der Waals surface area (Å²) in [6.07, 6.45) is -0.00643. The minimum absolute atomic E-state index is 0.00643. The zero-order valence-electron chi connectivity index (χ0n) is 20.0. The van der Waals surface area contributed by atoms with Crippen LogP contribution in [0.2, 0.25) is 0 Å². The lowest BCUT2D eigenvalue weighted by Gasteiger charge is -2.18. The van der Waals surface area contributed by atoms with E-state index in [0.717, 1.165) is 22.1 Å². The van der Waals surface area contributed by atoms with Crippen molar-refractivity contribution in [3.05, 3.63) is 93.0 Å². The van der Waals surface area contributed by atoms with Crippen LogP contribution in [0.4, 0.5) is 17.1 Å². The Morgan fingerprint density at radius 1 is 0.946 bits per heavy atom. The summed E-state index contributed by atoms with van der Waals surface area (Å²) >= 11 is 0. The Hall–Kier alpha value is -4.86. The molecule has 10 nitrogen and oxygen atoms in total. The monoisotopic (exact) mass is 499 g/mol. The first kappa shape index (κ1) is 23.9. The molecule has 3 aromatic rings. The van der Waals surface area contributed by atoms with Crippen molar-refractivity contribution in [2.75, 3.05) is 16.3 Å². The van der Waals surface area contributed by atoms with E-state index >= 15 is 0 Å². The van der Waals surface area contributed by atoms with Crippen LogP contribution in [0.15, 0.2) is 60.7 Å². The molecule has 0 spiro atoms. The molecular formula is C27H21N3O7. The van der Waals surface area contributed by atoms with Gasteiger partial charge in [-0.05, 0) is 55.3 Å². The van der Waals surface area contributed by atoms with Gasteiger partial charge in [0.05, 0.1) is 22.1 Å². The molecule has 0 unspecified atom stereocenters. The average molecular weight is 499 g/mol. The molecule has 0 aromatic heterocycles. The predicted molar refractivity (Wildman–Crippen MR) is 133 cm³/mol. The highest BCUT2D eigenvalue weighted by Gasteiger charge is 2.42.